The molecule has 3 amide bonds. The number of ketones is 1. The van der Waals surface area contributed by atoms with Crippen LogP contribution >= 0.6 is 0 Å². The molecule has 140 valence electrons. The van der Waals surface area contributed by atoms with Crippen LogP contribution in [0.15, 0.2) is 42.5 Å². The second-order valence-corrected chi connectivity index (χ2v) is 6.90. The average molecular weight is 366 g/mol. The quantitative estimate of drug-likeness (QED) is 0.651. The van der Waals surface area contributed by atoms with Crippen LogP contribution in [-0.4, -0.2) is 29.7 Å². The van der Waals surface area contributed by atoms with Crippen LogP contribution in [0.4, 0.5) is 4.79 Å². The van der Waals surface area contributed by atoms with Crippen LogP contribution in [0.25, 0.3) is 0 Å². The van der Waals surface area contributed by atoms with E-state index in [1.807, 2.05) is 31.2 Å². The van der Waals surface area contributed by atoms with Crippen molar-refractivity contribution in [3.8, 4) is 5.75 Å². The van der Waals surface area contributed by atoms with Gasteiger partial charge in [0.05, 0.1) is 13.7 Å². The third-order valence-electron chi connectivity index (χ3n) is 4.92. The second-order valence-electron chi connectivity index (χ2n) is 6.90. The van der Waals surface area contributed by atoms with Gasteiger partial charge in [0.1, 0.15) is 11.3 Å². The Morgan fingerprint density at radius 3 is 2.41 bits per heavy atom. The largest absolute Gasteiger partial charge is 0.496 e. The lowest BCUT2D eigenvalue weighted by molar-refractivity contribution is -0.131. The van der Waals surface area contributed by atoms with Crippen LogP contribution in [-0.2, 0) is 16.9 Å². The number of nitrogens with zero attached hydrogens (tertiary/aromatic N) is 1. The Labute approximate surface area is 158 Å². The minimum atomic E-state index is -1.13. The molecule has 1 fully saturated rings. The van der Waals surface area contributed by atoms with Gasteiger partial charge in [0.15, 0.2) is 5.78 Å². The molecular formula is C21H22N2O4. The van der Waals surface area contributed by atoms with Crippen molar-refractivity contribution in [2.24, 2.45) is 0 Å². The van der Waals surface area contributed by atoms with Crippen molar-refractivity contribution in [1.29, 1.82) is 0 Å². The molecule has 2 aromatic carbocycles. The Balaban J connectivity index is 1.93. The highest BCUT2D eigenvalue weighted by Gasteiger charge is 2.49. The third-order valence-corrected chi connectivity index (χ3v) is 4.92. The van der Waals surface area contributed by atoms with Crippen molar-refractivity contribution in [1.82, 2.24) is 10.2 Å². The maximum Gasteiger partial charge on any atom is 0.325 e. The van der Waals surface area contributed by atoms with Gasteiger partial charge in [-0.1, -0.05) is 29.8 Å². The normalized spacial score (nSPS) is 19.2. The lowest BCUT2D eigenvalue weighted by Crippen LogP contribution is -2.40. The minimum absolute atomic E-state index is 0.0242. The van der Waals surface area contributed by atoms with Gasteiger partial charge in [-0.15, -0.1) is 0 Å². The molecule has 1 aliphatic heterocycles. The predicted octanol–water partition coefficient (Wildman–Crippen LogP) is 3.17. The molecule has 6 heteroatoms. The van der Waals surface area contributed by atoms with Gasteiger partial charge in [0.2, 0.25) is 0 Å². The summed E-state index contributed by atoms with van der Waals surface area (Å²) in [7, 11) is 1.51. The lowest BCUT2D eigenvalue weighted by Gasteiger charge is -2.22. The molecule has 0 bridgehead atoms. The Morgan fingerprint density at radius 2 is 1.81 bits per heavy atom. The van der Waals surface area contributed by atoms with Crippen LogP contribution < -0.4 is 10.1 Å². The summed E-state index contributed by atoms with van der Waals surface area (Å²) in [5.74, 6) is 0.0803. The molecule has 0 aliphatic carbocycles. The maximum atomic E-state index is 13.1. The van der Waals surface area contributed by atoms with Crippen molar-refractivity contribution >= 4 is 17.7 Å². The highest BCUT2D eigenvalue weighted by Crippen LogP contribution is 2.31. The zero-order valence-electron chi connectivity index (χ0n) is 15.8. The van der Waals surface area contributed by atoms with E-state index < -0.39 is 11.6 Å². The Hall–Kier alpha value is -3.15. The van der Waals surface area contributed by atoms with Crippen LogP contribution in [0.1, 0.15) is 40.9 Å². The zero-order chi connectivity index (χ0) is 19.8. The Morgan fingerprint density at radius 1 is 1.15 bits per heavy atom. The van der Waals surface area contributed by atoms with E-state index in [9.17, 15) is 14.4 Å². The van der Waals surface area contributed by atoms with E-state index in [-0.39, 0.29) is 18.2 Å². The standard InChI is InChI=1S/C21H22N2O4/c1-13-5-8-17(9-6-13)21(3)19(25)23(20(26)22-21)12-16-11-15(14(2)24)7-10-18(16)27-4/h5-11H,12H2,1-4H3,(H,22,26)/t21-/m1/s1. The number of urea groups is 1. The number of ether oxygens (including phenoxy) is 1. The van der Waals surface area contributed by atoms with Gasteiger partial charge in [-0.25, -0.2) is 4.79 Å². The predicted molar refractivity (Wildman–Crippen MR) is 101 cm³/mol. The van der Waals surface area contributed by atoms with Gasteiger partial charge in [0.25, 0.3) is 5.91 Å². The van der Waals surface area contributed by atoms with E-state index in [0.717, 1.165) is 16.0 Å². The van der Waals surface area contributed by atoms with Crippen molar-refractivity contribution < 1.29 is 19.1 Å². The average Bonchev–Trinajstić information content (AvgIpc) is 2.86. The monoisotopic (exact) mass is 366 g/mol. The summed E-state index contributed by atoms with van der Waals surface area (Å²) in [6.07, 6.45) is 0. The summed E-state index contributed by atoms with van der Waals surface area (Å²) in [4.78, 5) is 38.5. The van der Waals surface area contributed by atoms with E-state index in [0.29, 0.717) is 16.9 Å². The van der Waals surface area contributed by atoms with Gasteiger partial charge in [-0.3, -0.25) is 14.5 Å². The fourth-order valence-corrected chi connectivity index (χ4v) is 3.21. The molecular weight excluding hydrogens is 344 g/mol. The highest BCUT2D eigenvalue weighted by molar-refractivity contribution is 6.07. The van der Waals surface area contributed by atoms with Crippen molar-refractivity contribution in [2.45, 2.75) is 32.9 Å². The number of hydrogen-bond donors (Lipinski definition) is 1. The zero-order valence-corrected chi connectivity index (χ0v) is 15.8. The molecule has 1 aliphatic rings. The highest BCUT2D eigenvalue weighted by atomic mass is 16.5. The number of methoxy groups -OCH3 is 1. The van der Waals surface area contributed by atoms with E-state index in [1.165, 1.54) is 14.0 Å². The number of benzene rings is 2. The second kappa shape index (κ2) is 6.87. The van der Waals surface area contributed by atoms with Gasteiger partial charge in [-0.2, -0.15) is 0 Å². The summed E-state index contributed by atoms with van der Waals surface area (Å²) in [6.45, 7) is 5.15. The minimum Gasteiger partial charge on any atom is -0.496 e. The molecule has 0 saturated carbocycles. The molecule has 2 aromatic rings. The smallest absolute Gasteiger partial charge is 0.325 e. The fraction of sp³-hybridized carbons (Fsp3) is 0.286. The first-order chi connectivity index (χ1) is 12.8. The fourth-order valence-electron chi connectivity index (χ4n) is 3.21. The van der Waals surface area contributed by atoms with Crippen LogP contribution in [0.3, 0.4) is 0 Å². The number of carbonyl (C=O) groups is 3. The first-order valence-electron chi connectivity index (χ1n) is 8.65. The lowest BCUT2D eigenvalue weighted by atomic mass is 9.91. The number of imide groups is 1. The van der Waals surface area contributed by atoms with Crippen molar-refractivity contribution in [3.05, 3.63) is 64.7 Å². The molecule has 0 aromatic heterocycles. The molecule has 27 heavy (non-hydrogen) atoms. The number of Topliss-reactive ketones (excluding diaryl/α,β-unsaturated/α-hetero) is 1. The molecule has 6 nitrogen and oxygen atoms in total. The number of rotatable bonds is 5. The number of carbonyl (C=O) groups excluding carboxylic acids is 3. The number of nitrogens with one attached hydrogen (secondary N) is 1. The first kappa shape index (κ1) is 18.6. The Bertz CT molecular complexity index is 920. The molecule has 1 atom stereocenters. The summed E-state index contributed by atoms with van der Waals surface area (Å²) < 4.78 is 5.33. The first-order valence-corrected chi connectivity index (χ1v) is 8.65. The van der Waals surface area contributed by atoms with Crippen molar-refractivity contribution in [2.75, 3.05) is 7.11 Å². The summed E-state index contributed by atoms with van der Waals surface area (Å²) in [5.41, 5.74) is 1.76. The molecule has 0 radical (unpaired) electrons. The van der Waals surface area contributed by atoms with E-state index in [2.05, 4.69) is 5.32 Å². The van der Waals surface area contributed by atoms with Crippen molar-refractivity contribution in [3.63, 3.8) is 0 Å². The third kappa shape index (κ3) is 3.30. The topological polar surface area (TPSA) is 75.7 Å². The van der Waals surface area contributed by atoms with Gasteiger partial charge < -0.3 is 10.1 Å². The Kier molecular flexibility index (Phi) is 4.74. The maximum absolute atomic E-state index is 13.1. The molecule has 1 N–H and O–H groups in total. The van der Waals surface area contributed by atoms with E-state index >= 15 is 0 Å². The SMILES string of the molecule is COc1ccc(C(C)=O)cc1CN1C(=O)N[C@](C)(c2ccc(C)cc2)C1=O. The van der Waals surface area contributed by atoms with Crippen LogP contribution in [0.5, 0.6) is 5.75 Å². The van der Waals surface area contributed by atoms with Gasteiger partial charge >= 0.3 is 6.03 Å². The summed E-state index contributed by atoms with van der Waals surface area (Å²) in [6, 6.07) is 12.0. The summed E-state index contributed by atoms with van der Waals surface area (Å²) in [5, 5.41) is 2.79. The molecule has 0 spiro atoms. The summed E-state index contributed by atoms with van der Waals surface area (Å²) >= 11 is 0. The van der Waals surface area contributed by atoms with E-state index in [1.54, 1.807) is 25.1 Å². The molecule has 1 saturated heterocycles. The van der Waals surface area contributed by atoms with Gasteiger partial charge in [-0.05, 0) is 44.5 Å². The number of aryl methyl sites for hydroxylation is 1. The van der Waals surface area contributed by atoms with E-state index in [4.69, 9.17) is 4.74 Å². The molecule has 3 rings (SSSR count). The van der Waals surface area contributed by atoms with Gasteiger partial charge in [0, 0.05) is 11.1 Å². The molecule has 1 heterocycles. The number of amides is 3. The van der Waals surface area contributed by atoms with Crippen LogP contribution in [0.2, 0.25) is 0 Å². The van der Waals surface area contributed by atoms with Crippen LogP contribution in [0, 0.1) is 6.92 Å². The molecule has 0 unspecified atom stereocenters. The number of hydrogen-bond acceptors (Lipinski definition) is 4.